The lowest BCUT2D eigenvalue weighted by atomic mass is 10.1. The second-order valence-corrected chi connectivity index (χ2v) is 10.2. The molecule has 4 nitrogen and oxygen atoms in total. The number of rotatable bonds is 7. The molecule has 0 spiro atoms. The number of amides is 1. The number of nitrogens with zero attached hydrogens (tertiary/aromatic N) is 1. The molecule has 1 amide bonds. The van der Waals surface area contributed by atoms with Gasteiger partial charge in [0.15, 0.2) is 0 Å². The molecule has 3 aromatic carbocycles. The van der Waals surface area contributed by atoms with Gasteiger partial charge in [0.25, 0.3) is 0 Å². The minimum atomic E-state index is -0.412. The number of carbonyl (C=O) groups excluding carboxylic acids is 1. The van der Waals surface area contributed by atoms with Crippen molar-refractivity contribution in [2.75, 3.05) is 0 Å². The Bertz CT molecular complexity index is 1060. The summed E-state index contributed by atoms with van der Waals surface area (Å²) in [6.45, 7) is 5.19. The Morgan fingerprint density at radius 1 is 0.906 bits per heavy atom. The zero-order chi connectivity index (χ0) is 22.7. The highest BCUT2D eigenvalue weighted by atomic mass is 79.9. The molecule has 166 valence electrons. The Morgan fingerprint density at radius 2 is 1.47 bits per heavy atom. The first-order valence-corrected chi connectivity index (χ1v) is 12.2. The van der Waals surface area contributed by atoms with E-state index in [2.05, 4.69) is 63.2 Å². The van der Waals surface area contributed by atoms with Crippen LogP contribution < -0.4 is 10.1 Å². The molecule has 0 bridgehead atoms. The second-order valence-electron chi connectivity index (χ2n) is 8.53. The predicted molar refractivity (Wildman–Crippen MR) is 134 cm³/mol. The van der Waals surface area contributed by atoms with Gasteiger partial charge >= 0.3 is 0 Å². The van der Waals surface area contributed by atoms with Crippen molar-refractivity contribution in [1.82, 2.24) is 10.2 Å². The van der Waals surface area contributed by atoms with E-state index in [9.17, 15) is 4.79 Å². The van der Waals surface area contributed by atoms with Crippen LogP contribution in [0.25, 0.3) is 0 Å². The third-order valence-corrected chi connectivity index (χ3v) is 6.85. The molecule has 0 aromatic heterocycles. The molecule has 3 aromatic rings. The summed E-state index contributed by atoms with van der Waals surface area (Å²) in [4.78, 5) is 15.2. The molecule has 1 saturated heterocycles. The molecule has 1 fully saturated rings. The van der Waals surface area contributed by atoms with E-state index in [-0.39, 0.29) is 11.9 Å². The van der Waals surface area contributed by atoms with Gasteiger partial charge in [-0.25, -0.2) is 0 Å². The van der Waals surface area contributed by atoms with Gasteiger partial charge in [-0.3, -0.25) is 10.1 Å². The van der Waals surface area contributed by atoms with E-state index in [1.807, 2.05) is 65.6 Å². The van der Waals surface area contributed by atoms with Gasteiger partial charge < -0.3 is 9.64 Å². The smallest absolute Gasteiger partial charge is 0.241 e. The lowest BCUT2D eigenvalue weighted by Crippen LogP contribution is -2.46. The van der Waals surface area contributed by atoms with Gasteiger partial charge in [-0.1, -0.05) is 60.7 Å². The van der Waals surface area contributed by atoms with Crippen molar-refractivity contribution in [3.8, 4) is 5.75 Å². The number of nitrogens with one attached hydrogen (secondary N) is 1. The van der Waals surface area contributed by atoms with Crippen molar-refractivity contribution < 1.29 is 9.53 Å². The van der Waals surface area contributed by atoms with Crippen LogP contribution in [0.15, 0.2) is 81.7 Å². The Hall–Kier alpha value is -2.15. The molecule has 0 radical (unpaired) electrons. The topological polar surface area (TPSA) is 41.6 Å². The van der Waals surface area contributed by atoms with E-state index < -0.39 is 5.66 Å². The maximum Gasteiger partial charge on any atom is 0.241 e. The highest BCUT2D eigenvalue weighted by molar-refractivity contribution is 9.11. The van der Waals surface area contributed by atoms with Crippen molar-refractivity contribution in [1.29, 1.82) is 0 Å². The van der Waals surface area contributed by atoms with Gasteiger partial charge in [0, 0.05) is 6.54 Å². The Balaban J connectivity index is 1.46. The van der Waals surface area contributed by atoms with Crippen LogP contribution >= 0.6 is 31.9 Å². The first-order chi connectivity index (χ1) is 15.3. The van der Waals surface area contributed by atoms with Crippen LogP contribution in [0.4, 0.5) is 0 Å². The van der Waals surface area contributed by atoms with E-state index in [1.165, 1.54) is 0 Å². The third kappa shape index (κ3) is 5.25. The van der Waals surface area contributed by atoms with Gasteiger partial charge in [-0.2, -0.15) is 0 Å². The average molecular weight is 558 g/mol. The van der Waals surface area contributed by atoms with Gasteiger partial charge in [-0.15, -0.1) is 0 Å². The fourth-order valence-corrected chi connectivity index (χ4v) is 5.55. The van der Waals surface area contributed by atoms with Gasteiger partial charge in [0.05, 0.1) is 20.7 Å². The molecule has 1 atom stereocenters. The second kappa shape index (κ2) is 9.77. The maximum atomic E-state index is 13.2. The van der Waals surface area contributed by atoms with Crippen molar-refractivity contribution >= 4 is 37.8 Å². The Labute approximate surface area is 206 Å². The number of hydrogen-bond acceptors (Lipinski definition) is 3. The van der Waals surface area contributed by atoms with Crippen LogP contribution in [0.5, 0.6) is 5.75 Å². The monoisotopic (exact) mass is 556 g/mol. The van der Waals surface area contributed by atoms with E-state index in [1.54, 1.807) is 0 Å². The quantitative estimate of drug-likeness (QED) is 0.383. The highest BCUT2D eigenvalue weighted by Crippen LogP contribution is 2.36. The summed E-state index contributed by atoms with van der Waals surface area (Å²) >= 11 is 7.29. The predicted octanol–water partition coefficient (Wildman–Crippen LogP) is 6.07. The summed E-state index contributed by atoms with van der Waals surface area (Å²) in [5.74, 6) is 0.879. The number of carbonyl (C=O) groups is 1. The Morgan fingerprint density at radius 3 is 2.06 bits per heavy atom. The van der Waals surface area contributed by atoms with E-state index in [0.717, 1.165) is 31.4 Å². The molecule has 1 aliphatic rings. The van der Waals surface area contributed by atoms with Crippen molar-refractivity contribution in [3.05, 3.63) is 98.4 Å². The van der Waals surface area contributed by atoms with Crippen LogP contribution in [-0.2, 0) is 24.4 Å². The van der Waals surface area contributed by atoms with Gasteiger partial charge in [0.1, 0.15) is 12.4 Å². The molecule has 1 N–H and O–H groups in total. The van der Waals surface area contributed by atoms with Crippen LogP contribution in [0, 0.1) is 0 Å². The summed E-state index contributed by atoms with van der Waals surface area (Å²) in [6, 6.07) is 24.0. The third-order valence-electron chi connectivity index (χ3n) is 5.67. The molecule has 32 heavy (non-hydrogen) atoms. The molecule has 0 saturated carbocycles. The number of halogens is 2. The number of hydrogen-bond donors (Lipinski definition) is 1. The maximum absolute atomic E-state index is 13.2. The van der Waals surface area contributed by atoms with Crippen LogP contribution in [-0.4, -0.2) is 22.5 Å². The van der Waals surface area contributed by atoms with E-state index in [4.69, 9.17) is 4.74 Å². The number of benzene rings is 3. The standard InChI is InChI=1S/C26H26Br2N2O2/c1-26(2)29-23(25(31)30(26)16-18-9-5-3-6-10-18)15-20-13-21(27)24(22(28)14-20)32-17-19-11-7-4-8-12-19/h3-14,23,29H,15-17H2,1-2H3/t23-/m0/s1. The first kappa shape index (κ1) is 23.0. The fraction of sp³-hybridized carbons (Fsp3) is 0.269. The zero-order valence-corrected chi connectivity index (χ0v) is 21.3. The van der Waals surface area contributed by atoms with Crippen LogP contribution in [0.3, 0.4) is 0 Å². The minimum Gasteiger partial charge on any atom is -0.487 e. The lowest BCUT2D eigenvalue weighted by molar-refractivity contribution is -0.132. The molecule has 0 unspecified atom stereocenters. The van der Waals surface area contributed by atoms with Gasteiger partial charge in [-0.05, 0) is 81.0 Å². The van der Waals surface area contributed by atoms with Crippen molar-refractivity contribution in [2.45, 2.75) is 45.1 Å². The van der Waals surface area contributed by atoms with Crippen LogP contribution in [0.2, 0.25) is 0 Å². The Kier molecular flexibility index (Phi) is 7.03. The fourth-order valence-electron chi connectivity index (χ4n) is 4.04. The summed E-state index contributed by atoms with van der Waals surface area (Å²) in [5, 5.41) is 3.51. The first-order valence-electron chi connectivity index (χ1n) is 10.6. The summed E-state index contributed by atoms with van der Waals surface area (Å²) in [6.07, 6.45) is 0.601. The van der Waals surface area contributed by atoms with E-state index >= 15 is 0 Å². The SMILES string of the molecule is CC1(C)N[C@@H](Cc2cc(Br)c(OCc3ccccc3)c(Br)c2)C(=O)N1Cc1ccccc1. The molecular weight excluding hydrogens is 532 g/mol. The van der Waals surface area contributed by atoms with E-state index in [0.29, 0.717) is 19.6 Å². The summed E-state index contributed by atoms with van der Waals surface area (Å²) < 4.78 is 7.76. The van der Waals surface area contributed by atoms with Crippen molar-refractivity contribution in [2.24, 2.45) is 0 Å². The molecule has 4 rings (SSSR count). The zero-order valence-electron chi connectivity index (χ0n) is 18.1. The molecular formula is C26H26Br2N2O2. The molecule has 1 heterocycles. The average Bonchev–Trinajstić information content (AvgIpc) is 2.97. The largest absolute Gasteiger partial charge is 0.487 e. The lowest BCUT2D eigenvalue weighted by Gasteiger charge is -2.31. The number of ether oxygens (including phenoxy) is 1. The van der Waals surface area contributed by atoms with Gasteiger partial charge in [0.2, 0.25) is 5.91 Å². The summed E-state index contributed by atoms with van der Waals surface area (Å²) in [5.41, 5.74) is 2.88. The normalized spacial score (nSPS) is 17.6. The molecule has 6 heteroatoms. The van der Waals surface area contributed by atoms with Crippen molar-refractivity contribution in [3.63, 3.8) is 0 Å². The highest BCUT2D eigenvalue weighted by Gasteiger charge is 2.43. The van der Waals surface area contributed by atoms with Crippen LogP contribution in [0.1, 0.15) is 30.5 Å². The molecule has 1 aliphatic heterocycles. The minimum absolute atomic E-state index is 0.121. The molecule has 0 aliphatic carbocycles. The summed E-state index contributed by atoms with van der Waals surface area (Å²) in [7, 11) is 0.